The van der Waals surface area contributed by atoms with Gasteiger partial charge < -0.3 is 16.0 Å². The Morgan fingerprint density at radius 2 is 2.06 bits per heavy atom. The van der Waals surface area contributed by atoms with Gasteiger partial charge in [-0.3, -0.25) is 0 Å². The fourth-order valence-electron chi connectivity index (χ4n) is 3.19. The number of benzene rings is 1. The van der Waals surface area contributed by atoms with Crippen LogP contribution >= 0.6 is 0 Å². The minimum atomic E-state index is 0.211. The van der Waals surface area contributed by atoms with Crippen LogP contribution in [0, 0.1) is 0 Å². The monoisotopic (exact) mass is 231 g/mol. The number of likely N-dealkylation sites (N-methyl/N-ethyl adjacent to an activating group) is 1. The normalized spacial score (nSPS) is 32.9. The first-order valence-electron chi connectivity index (χ1n) is 6.53. The molecule has 2 aliphatic rings. The van der Waals surface area contributed by atoms with Gasteiger partial charge in [-0.25, -0.2) is 0 Å². The summed E-state index contributed by atoms with van der Waals surface area (Å²) in [6.45, 7) is 2.37. The molecule has 3 atom stereocenters. The van der Waals surface area contributed by atoms with Gasteiger partial charge in [-0.2, -0.15) is 0 Å². The van der Waals surface area contributed by atoms with Gasteiger partial charge in [0.05, 0.1) is 0 Å². The third-order valence-corrected chi connectivity index (χ3v) is 4.09. The van der Waals surface area contributed by atoms with Crippen LogP contribution < -0.4 is 11.1 Å². The molecule has 1 aromatic rings. The topological polar surface area (TPSA) is 41.3 Å². The fraction of sp³-hybridized carbons (Fsp3) is 0.571. The van der Waals surface area contributed by atoms with Crippen LogP contribution in [0.3, 0.4) is 0 Å². The standard InChI is InChI=1S/C14H21N3/c1-17-7-6-10(9-17)16-14-8-13(15)11-4-2-3-5-12(11)14/h2-5,10,13-14,16H,6-9,15H2,1H3. The third-order valence-electron chi connectivity index (χ3n) is 4.09. The van der Waals surface area contributed by atoms with Gasteiger partial charge in [0.15, 0.2) is 0 Å². The Balaban J connectivity index is 1.73. The highest BCUT2D eigenvalue weighted by molar-refractivity contribution is 5.37. The molecule has 0 saturated carbocycles. The Hall–Kier alpha value is -0.900. The van der Waals surface area contributed by atoms with Gasteiger partial charge in [-0.05, 0) is 37.6 Å². The summed E-state index contributed by atoms with van der Waals surface area (Å²) in [4.78, 5) is 2.39. The van der Waals surface area contributed by atoms with E-state index in [1.807, 2.05) is 0 Å². The molecule has 0 spiro atoms. The molecule has 0 radical (unpaired) electrons. The quantitative estimate of drug-likeness (QED) is 0.809. The largest absolute Gasteiger partial charge is 0.324 e. The second kappa shape index (κ2) is 4.41. The zero-order valence-corrected chi connectivity index (χ0v) is 10.4. The van der Waals surface area contributed by atoms with Crippen LogP contribution in [-0.4, -0.2) is 31.1 Å². The van der Waals surface area contributed by atoms with E-state index < -0.39 is 0 Å². The first kappa shape index (κ1) is 11.2. The molecule has 3 unspecified atom stereocenters. The molecule has 92 valence electrons. The van der Waals surface area contributed by atoms with Crippen molar-refractivity contribution in [2.75, 3.05) is 20.1 Å². The summed E-state index contributed by atoms with van der Waals surface area (Å²) in [5, 5.41) is 3.77. The second-order valence-electron chi connectivity index (χ2n) is 5.44. The molecule has 1 aliphatic heterocycles. The molecule has 1 heterocycles. The van der Waals surface area contributed by atoms with Gasteiger partial charge in [0.1, 0.15) is 0 Å². The molecule has 0 aromatic heterocycles. The Morgan fingerprint density at radius 1 is 1.29 bits per heavy atom. The Bertz CT molecular complexity index is 404. The van der Waals surface area contributed by atoms with Crippen molar-refractivity contribution in [3.63, 3.8) is 0 Å². The number of fused-ring (bicyclic) bond motifs is 1. The maximum Gasteiger partial charge on any atom is 0.0344 e. The average Bonchev–Trinajstić information content (AvgIpc) is 2.86. The lowest BCUT2D eigenvalue weighted by molar-refractivity contribution is 0.377. The minimum absolute atomic E-state index is 0.211. The molecule has 3 heteroatoms. The number of rotatable bonds is 2. The van der Waals surface area contributed by atoms with Gasteiger partial charge in [-0.15, -0.1) is 0 Å². The van der Waals surface area contributed by atoms with E-state index in [-0.39, 0.29) is 6.04 Å². The van der Waals surface area contributed by atoms with Crippen molar-refractivity contribution in [3.05, 3.63) is 35.4 Å². The minimum Gasteiger partial charge on any atom is -0.324 e. The number of likely N-dealkylation sites (tertiary alicyclic amines) is 1. The van der Waals surface area contributed by atoms with Gasteiger partial charge in [0, 0.05) is 24.7 Å². The summed E-state index contributed by atoms with van der Waals surface area (Å²) in [5.41, 5.74) is 8.93. The first-order chi connectivity index (χ1) is 8.24. The van der Waals surface area contributed by atoms with Gasteiger partial charge in [0.25, 0.3) is 0 Å². The van der Waals surface area contributed by atoms with E-state index >= 15 is 0 Å². The van der Waals surface area contributed by atoms with Crippen LogP contribution in [0.1, 0.15) is 36.1 Å². The number of nitrogens with two attached hydrogens (primary N) is 1. The molecule has 3 rings (SSSR count). The van der Waals surface area contributed by atoms with Crippen LogP contribution in [0.25, 0.3) is 0 Å². The van der Waals surface area contributed by atoms with Crippen molar-refractivity contribution in [1.82, 2.24) is 10.2 Å². The first-order valence-corrected chi connectivity index (χ1v) is 6.53. The maximum atomic E-state index is 6.19. The smallest absolute Gasteiger partial charge is 0.0344 e. The Labute approximate surface area is 103 Å². The van der Waals surface area contributed by atoms with Crippen molar-refractivity contribution >= 4 is 0 Å². The maximum absolute atomic E-state index is 6.19. The van der Waals surface area contributed by atoms with Crippen molar-refractivity contribution in [1.29, 1.82) is 0 Å². The van der Waals surface area contributed by atoms with Crippen molar-refractivity contribution in [2.45, 2.75) is 31.0 Å². The van der Waals surface area contributed by atoms with Gasteiger partial charge >= 0.3 is 0 Å². The summed E-state index contributed by atoms with van der Waals surface area (Å²) in [6, 6.07) is 9.89. The number of nitrogens with zero attached hydrogens (tertiary/aromatic N) is 1. The number of nitrogens with one attached hydrogen (secondary N) is 1. The van der Waals surface area contributed by atoms with Crippen LogP contribution in [0.4, 0.5) is 0 Å². The summed E-state index contributed by atoms with van der Waals surface area (Å²) < 4.78 is 0. The van der Waals surface area contributed by atoms with Crippen molar-refractivity contribution in [2.24, 2.45) is 5.73 Å². The average molecular weight is 231 g/mol. The highest BCUT2D eigenvalue weighted by Crippen LogP contribution is 2.37. The zero-order valence-electron chi connectivity index (χ0n) is 10.4. The molecule has 1 saturated heterocycles. The van der Waals surface area contributed by atoms with Crippen LogP contribution in [0.2, 0.25) is 0 Å². The SMILES string of the molecule is CN1CCC(NC2CC(N)c3ccccc32)C1. The highest BCUT2D eigenvalue weighted by atomic mass is 15.2. The predicted octanol–water partition coefficient (Wildman–Crippen LogP) is 1.42. The lowest BCUT2D eigenvalue weighted by atomic mass is 10.1. The van der Waals surface area contributed by atoms with Crippen LogP contribution in [0.15, 0.2) is 24.3 Å². The summed E-state index contributed by atoms with van der Waals surface area (Å²) in [6.07, 6.45) is 2.30. The van der Waals surface area contributed by atoms with Gasteiger partial charge in [0.2, 0.25) is 0 Å². The molecule has 0 amide bonds. The van der Waals surface area contributed by atoms with Crippen molar-refractivity contribution < 1.29 is 0 Å². The van der Waals surface area contributed by atoms with E-state index in [0.717, 1.165) is 13.0 Å². The molecular weight excluding hydrogens is 210 g/mol. The van der Waals surface area contributed by atoms with E-state index in [4.69, 9.17) is 5.73 Å². The van der Waals surface area contributed by atoms with E-state index in [2.05, 4.69) is 41.5 Å². The van der Waals surface area contributed by atoms with E-state index in [0.29, 0.717) is 12.1 Å². The number of hydrogen-bond acceptors (Lipinski definition) is 3. The summed E-state index contributed by atoms with van der Waals surface area (Å²) in [7, 11) is 2.19. The van der Waals surface area contributed by atoms with Gasteiger partial charge in [-0.1, -0.05) is 24.3 Å². The van der Waals surface area contributed by atoms with Crippen LogP contribution in [-0.2, 0) is 0 Å². The summed E-state index contributed by atoms with van der Waals surface area (Å²) in [5.74, 6) is 0. The second-order valence-corrected chi connectivity index (χ2v) is 5.44. The molecule has 3 nitrogen and oxygen atoms in total. The van der Waals surface area contributed by atoms with E-state index in [1.165, 1.54) is 24.1 Å². The molecule has 3 N–H and O–H groups in total. The third kappa shape index (κ3) is 2.10. The highest BCUT2D eigenvalue weighted by Gasteiger charge is 2.31. The van der Waals surface area contributed by atoms with Crippen LogP contribution in [0.5, 0.6) is 0 Å². The molecule has 1 fully saturated rings. The molecule has 1 aliphatic carbocycles. The predicted molar refractivity (Wildman–Crippen MR) is 69.8 cm³/mol. The molecule has 1 aromatic carbocycles. The summed E-state index contributed by atoms with van der Waals surface area (Å²) >= 11 is 0. The van der Waals surface area contributed by atoms with E-state index in [1.54, 1.807) is 0 Å². The lowest BCUT2D eigenvalue weighted by Gasteiger charge is -2.19. The number of hydrogen-bond donors (Lipinski definition) is 2. The zero-order chi connectivity index (χ0) is 11.8. The fourth-order valence-corrected chi connectivity index (χ4v) is 3.19. The lowest BCUT2D eigenvalue weighted by Crippen LogP contribution is -2.34. The Kier molecular flexibility index (Phi) is 2.90. The molecule has 0 bridgehead atoms. The van der Waals surface area contributed by atoms with Crippen molar-refractivity contribution in [3.8, 4) is 0 Å². The molecule has 17 heavy (non-hydrogen) atoms. The molecular formula is C14H21N3. The van der Waals surface area contributed by atoms with E-state index in [9.17, 15) is 0 Å². The Morgan fingerprint density at radius 3 is 2.76 bits per heavy atom.